The Hall–Kier alpha value is -2.72. The van der Waals surface area contributed by atoms with Gasteiger partial charge in [0, 0.05) is 37.9 Å². The average Bonchev–Trinajstić information content (AvgIpc) is 2.97. The van der Waals surface area contributed by atoms with Gasteiger partial charge in [0.2, 0.25) is 0 Å². The molecule has 0 radical (unpaired) electrons. The number of carboxylic acids is 2. The molecule has 10 nitrogen and oxygen atoms in total. The fraction of sp³-hybridized carbons (Fsp3) is 0.647. The van der Waals surface area contributed by atoms with E-state index >= 15 is 0 Å². The molecule has 16 heteroatoms. The highest BCUT2D eigenvalue weighted by molar-refractivity contribution is 5.73. The number of carboxylic acid groups (broad SMARTS) is 2. The van der Waals surface area contributed by atoms with E-state index in [1.165, 1.54) is 0 Å². The van der Waals surface area contributed by atoms with Gasteiger partial charge in [-0.2, -0.15) is 26.3 Å². The van der Waals surface area contributed by atoms with E-state index in [-0.39, 0.29) is 5.60 Å². The number of halogens is 6. The van der Waals surface area contributed by atoms with Crippen molar-refractivity contribution < 1.29 is 55.6 Å². The Morgan fingerprint density at radius 3 is 2.27 bits per heavy atom. The normalized spacial score (nSPS) is 22.8. The van der Waals surface area contributed by atoms with Crippen molar-refractivity contribution in [3.05, 3.63) is 18.6 Å². The molecule has 1 spiro atoms. The number of ether oxygens (including phenoxy) is 2. The number of nitrogens with one attached hydrogen (secondary N) is 2. The summed E-state index contributed by atoms with van der Waals surface area (Å²) in [5, 5.41) is 20.9. The van der Waals surface area contributed by atoms with E-state index in [0.717, 1.165) is 45.1 Å². The van der Waals surface area contributed by atoms with Gasteiger partial charge in [-0.15, -0.1) is 0 Å². The van der Waals surface area contributed by atoms with Gasteiger partial charge in [-0.3, -0.25) is 4.98 Å². The summed E-state index contributed by atoms with van der Waals surface area (Å²) in [7, 11) is 0. The van der Waals surface area contributed by atoms with E-state index in [2.05, 4.69) is 20.6 Å². The Morgan fingerprint density at radius 1 is 1.15 bits per heavy atom. The molecule has 0 amide bonds. The predicted octanol–water partition coefficient (Wildman–Crippen LogP) is 1.55. The molecule has 188 valence electrons. The van der Waals surface area contributed by atoms with Crippen molar-refractivity contribution in [2.24, 2.45) is 5.92 Å². The molecule has 2 saturated heterocycles. The summed E-state index contributed by atoms with van der Waals surface area (Å²) in [6.07, 6.45) is -4.04. The summed E-state index contributed by atoms with van der Waals surface area (Å²) in [6.45, 7) is 4.90. The first kappa shape index (κ1) is 28.3. The van der Waals surface area contributed by atoms with E-state index in [9.17, 15) is 26.3 Å². The van der Waals surface area contributed by atoms with Crippen molar-refractivity contribution in [2.45, 2.75) is 24.4 Å². The van der Waals surface area contributed by atoms with Gasteiger partial charge in [0.1, 0.15) is 11.4 Å². The molecule has 0 aromatic carbocycles. The average molecular weight is 492 g/mol. The van der Waals surface area contributed by atoms with Crippen LogP contribution in [0.5, 0.6) is 0 Å². The van der Waals surface area contributed by atoms with Crippen molar-refractivity contribution in [2.75, 3.05) is 44.8 Å². The van der Waals surface area contributed by atoms with Crippen molar-refractivity contribution in [1.82, 2.24) is 15.3 Å². The molecule has 1 aromatic heterocycles. The summed E-state index contributed by atoms with van der Waals surface area (Å²) >= 11 is 0. The number of aliphatic carboxylic acids is 2. The predicted molar refractivity (Wildman–Crippen MR) is 98.4 cm³/mol. The van der Waals surface area contributed by atoms with Gasteiger partial charge < -0.3 is 30.3 Å². The number of hydrogen-bond acceptors (Lipinski definition) is 8. The monoisotopic (exact) mass is 492 g/mol. The highest BCUT2D eigenvalue weighted by Crippen LogP contribution is 2.31. The molecule has 0 bridgehead atoms. The molecule has 2 aliphatic heterocycles. The third-order valence-corrected chi connectivity index (χ3v) is 4.14. The molecule has 2 fully saturated rings. The van der Waals surface area contributed by atoms with Gasteiger partial charge in [0.05, 0.1) is 26.0 Å². The van der Waals surface area contributed by atoms with Gasteiger partial charge in [0.15, 0.2) is 0 Å². The second-order valence-corrected chi connectivity index (χ2v) is 6.87. The third-order valence-electron chi connectivity index (χ3n) is 4.14. The standard InChI is InChI=1S/C13H20N4O2.2C2HF3O2/c1-2-16-12(7-14-1)17-6-11-5-13(19-8-11)9-15-3-4-18-10-13;2*3-2(4,5)1(6)7/h1-2,7,11,15H,3-6,8-10H2,(H,16,17);2*(H,6,7). The second kappa shape index (κ2) is 12.5. The maximum absolute atomic E-state index is 10.6. The molecule has 2 unspecified atom stereocenters. The molecule has 33 heavy (non-hydrogen) atoms. The highest BCUT2D eigenvalue weighted by atomic mass is 19.4. The van der Waals surface area contributed by atoms with Crippen LogP contribution in [0.2, 0.25) is 0 Å². The number of alkyl halides is 6. The zero-order valence-electron chi connectivity index (χ0n) is 16.9. The van der Waals surface area contributed by atoms with Crippen LogP contribution < -0.4 is 10.6 Å². The van der Waals surface area contributed by atoms with E-state index in [0.29, 0.717) is 12.5 Å². The SMILES string of the molecule is O=C(O)C(F)(F)F.O=C(O)C(F)(F)F.c1cnc(NCC2COC3(CNCCOC3)C2)cn1. The first-order valence-electron chi connectivity index (χ1n) is 9.28. The van der Waals surface area contributed by atoms with Gasteiger partial charge in [-0.05, 0) is 6.42 Å². The summed E-state index contributed by atoms with van der Waals surface area (Å²) in [5.41, 5.74) is -0.134. The van der Waals surface area contributed by atoms with Crippen molar-refractivity contribution in [3.8, 4) is 0 Å². The third kappa shape index (κ3) is 11.1. The van der Waals surface area contributed by atoms with E-state index in [1.807, 2.05) is 0 Å². The number of aromatic nitrogens is 2. The number of anilines is 1. The summed E-state index contributed by atoms with van der Waals surface area (Å²) in [6, 6.07) is 0. The molecular formula is C17H22F6N4O6. The van der Waals surface area contributed by atoms with Crippen LogP contribution in [-0.4, -0.2) is 89.5 Å². The lowest BCUT2D eigenvalue weighted by atomic mass is 9.95. The first-order valence-corrected chi connectivity index (χ1v) is 9.28. The molecule has 4 N–H and O–H groups in total. The number of nitrogens with zero attached hydrogens (tertiary/aromatic N) is 2. The van der Waals surface area contributed by atoms with Crippen LogP contribution in [0.3, 0.4) is 0 Å². The molecule has 1 aromatic rings. The fourth-order valence-electron chi connectivity index (χ4n) is 2.70. The Bertz CT molecular complexity index is 718. The summed E-state index contributed by atoms with van der Waals surface area (Å²) in [4.78, 5) is 26.0. The molecule has 0 aliphatic carbocycles. The molecule has 2 atom stereocenters. The lowest BCUT2D eigenvalue weighted by Gasteiger charge is -2.25. The fourth-order valence-corrected chi connectivity index (χ4v) is 2.70. The largest absolute Gasteiger partial charge is 0.490 e. The Labute approximate surface area is 183 Å². The zero-order chi connectivity index (χ0) is 25.1. The molecular weight excluding hydrogens is 470 g/mol. The lowest BCUT2D eigenvalue weighted by molar-refractivity contribution is -0.193. The number of rotatable bonds is 3. The minimum absolute atomic E-state index is 0.134. The quantitative estimate of drug-likeness (QED) is 0.459. The van der Waals surface area contributed by atoms with Crippen LogP contribution in [0.1, 0.15) is 6.42 Å². The van der Waals surface area contributed by atoms with Gasteiger partial charge in [-0.1, -0.05) is 0 Å². The van der Waals surface area contributed by atoms with Crippen LogP contribution in [-0.2, 0) is 19.1 Å². The summed E-state index contributed by atoms with van der Waals surface area (Å²) in [5.74, 6) is -4.20. The smallest absolute Gasteiger partial charge is 0.475 e. The van der Waals surface area contributed by atoms with Gasteiger partial charge in [-0.25, -0.2) is 14.6 Å². The van der Waals surface area contributed by atoms with Crippen LogP contribution in [0, 0.1) is 5.92 Å². The lowest BCUT2D eigenvalue weighted by Crippen LogP contribution is -2.42. The second-order valence-electron chi connectivity index (χ2n) is 6.87. The number of carbonyl (C=O) groups is 2. The molecule has 3 heterocycles. The van der Waals surface area contributed by atoms with Gasteiger partial charge in [0.25, 0.3) is 0 Å². The van der Waals surface area contributed by atoms with Crippen LogP contribution in [0.15, 0.2) is 18.6 Å². The van der Waals surface area contributed by atoms with Crippen molar-refractivity contribution in [1.29, 1.82) is 0 Å². The maximum Gasteiger partial charge on any atom is 0.490 e. The first-order chi connectivity index (χ1) is 15.3. The minimum Gasteiger partial charge on any atom is -0.475 e. The van der Waals surface area contributed by atoms with E-state index in [1.54, 1.807) is 18.6 Å². The molecule has 2 aliphatic rings. The minimum atomic E-state index is -5.08. The topological polar surface area (TPSA) is 143 Å². The highest BCUT2D eigenvalue weighted by Gasteiger charge is 2.41. The van der Waals surface area contributed by atoms with Crippen LogP contribution in [0.25, 0.3) is 0 Å². The molecule has 0 saturated carbocycles. The zero-order valence-corrected chi connectivity index (χ0v) is 16.9. The Kier molecular flexibility index (Phi) is 10.7. The Balaban J connectivity index is 0.000000324. The van der Waals surface area contributed by atoms with Crippen molar-refractivity contribution in [3.63, 3.8) is 0 Å². The molecule has 3 rings (SSSR count). The number of hydrogen-bond donors (Lipinski definition) is 4. The van der Waals surface area contributed by atoms with E-state index in [4.69, 9.17) is 29.3 Å². The Morgan fingerprint density at radius 2 is 1.76 bits per heavy atom. The van der Waals surface area contributed by atoms with Crippen LogP contribution >= 0.6 is 0 Å². The maximum atomic E-state index is 10.6. The van der Waals surface area contributed by atoms with Crippen LogP contribution in [0.4, 0.5) is 32.2 Å². The summed E-state index contributed by atoms with van der Waals surface area (Å²) < 4.78 is 75.1. The van der Waals surface area contributed by atoms with Crippen molar-refractivity contribution >= 4 is 17.8 Å². The van der Waals surface area contributed by atoms with Gasteiger partial charge >= 0.3 is 24.3 Å². The van der Waals surface area contributed by atoms with E-state index < -0.39 is 24.3 Å².